The molecule has 0 spiro atoms. The van der Waals surface area contributed by atoms with E-state index in [4.69, 9.17) is 16.3 Å². The molecule has 1 aromatic heterocycles. The van der Waals surface area contributed by atoms with E-state index in [0.29, 0.717) is 22.5 Å². The zero-order valence-corrected chi connectivity index (χ0v) is 14.0. The van der Waals surface area contributed by atoms with Gasteiger partial charge in [0, 0.05) is 16.8 Å². The van der Waals surface area contributed by atoms with Gasteiger partial charge in [0.1, 0.15) is 5.75 Å². The number of aryl methyl sites for hydroxylation is 1. The number of nitrogens with zero attached hydrogens (tertiary/aromatic N) is 3. The molecule has 6 nitrogen and oxygen atoms in total. The lowest BCUT2D eigenvalue weighted by Crippen LogP contribution is -2.03. The number of benzene rings is 2. The third-order valence-corrected chi connectivity index (χ3v) is 3.74. The summed E-state index contributed by atoms with van der Waals surface area (Å²) in [6.45, 7) is 1.92. The first-order valence-electron chi connectivity index (χ1n) is 7.28. The van der Waals surface area contributed by atoms with Crippen LogP contribution in [-0.4, -0.2) is 22.3 Å². The lowest BCUT2D eigenvalue weighted by atomic mass is 10.2. The molecule has 0 aliphatic carbocycles. The number of ether oxygens (including phenoxy) is 1. The Kier molecular flexibility index (Phi) is 4.77. The summed E-state index contributed by atoms with van der Waals surface area (Å²) in [5.74, 6) is 1.55. The normalized spacial score (nSPS) is 10.3. The van der Waals surface area contributed by atoms with Gasteiger partial charge in [-0.05, 0) is 30.7 Å². The molecule has 122 valence electrons. The Morgan fingerprint density at radius 3 is 2.62 bits per heavy atom. The van der Waals surface area contributed by atoms with Crippen LogP contribution >= 0.6 is 11.6 Å². The number of hydrogen-bond acceptors (Lipinski definition) is 6. The molecule has 0 amide bonds. The standard InChI is InChI=1S/C17H16ClN5O/c1-11-8-14(15(24-2)9-13(11)18)21-17-22-16(10-19-23-17)20-12-6-4-3-5-7-12/h3-10H,1-2H3,(H2,20,21,22,23). The molecule has 0 aliphatic heterocycles. The summed E-state index contributed by atoms with van der Waals surface area (Å²) in [5, 5.41) is 14.9. The van der Waals surface area contributed by atoms with Crippen molar-refractivity contribution in [3.63, 3.8) is 0 Å². The molecule has 0 bridgehead atoms. The monoisotopic (exact) mass is 341 g/mol. The van der Waals surface area contributed by atoms with E-state index in [1.54, 1.807) is 19.4 Å². The average molecular weight is 342 g/mol. The van der Waals surface area contributed by atoms with E-state index in [-0.39, 0.29) is 0 Å². The molecular weight excluding hydrogens is 326 g/mol. The minimum absolute atomic E-state index is 0.357. The maximum Gasteiger partial charge on any atom is 0.249 e. The fourth-order valence-electron chi connectivity index (χ4n) is 2.14. The molecule has 2 N–H and O–H groups in total. The van der Waals surface area contributed by atoms with Gasteiger partial charge in [-0.25, -0.2) is 0 Å². The Morgan fingerprint density at radius 2 is 1.88 bits per heavy atom. The zero-order valence-electron chi connectivity index (χ0n) is 13.2. The summed E-state index contributed by atoms with van der Waals surface area (Å²) in [6, 6.07) is 13.3. The fourth-order valence-corrected chi connectivity index (χ4v) is 2.29. The van der Waals surface area contributed by atoms with Gasteiger partial charge in [-0.2, -0.15) is 10.1 Å². The summed E-state index contributed by atoms with van der Waals surface area (Å²) in [6.07, 6.45) is 1.56. The number of rotatable bonds is 5. The molecule has 0 aliphatic rings. The van der Waals surface area contributed by atoms with Gasteiger partial charge in [0.2, 0.25) is 5.95 Å². The number of para-hydroxylation sites is 1. The summed E-state index contributed by atoms with van der Waals surface area (Å²) in [7, 11) is 1.58. The second kappa shape index (κ2) is 7.14. The van der Waals surface area contributed by atoms with Gasteiger partial charge in [0.05, 0.1) is 19.0 Å². The highest BCUT2D eigenvalue weighted by Gasteiger charge is 2.09. The van der Waals surface area contributed by atoms with E-state index in [0.717, 1.165) is 16.9 Å². The summed E-state index contributed by atoms with van der Waals surface area (Å²) >= 11 is 6.12. The largest absolute Gasteiger partial charge is 0.495 e. The minimum Gasteiger partial charge on any atom is -0.495 e. The molecule has 2 aromatic carbocycles. The predicted octanol–water partition coefficient (Wildman–Crippen LogP) is 4.33. The van der Waals surface area contributed by atoms with Crippen molar-refractivity contribution in [2.24, 2.45) is 0 Å². The highest BCUT2D eigenvalue weighted by atomic mass is 35.5. The highest BCUT2D eigenvalue weighted by Crippen LogP contribution is 2.32. The Morgan fingerprint density at radius 1 is 1.08 bits per heavy atom. The van der Waals surface area contributed by atoms with Crippen LogP contribution in [-0.2, 0) is 0 Å². The summed E-state index contributed by atoms with van der Waals surface area (Å²) in [4.78, 5) is 4.41. The van der Waals surface area contributed by atoms with Crippen LogP contribution in [0.25, 0.3) is 0 Å². The van der Waals surface area contributed by atoms with Crippen LogP contribution in [0.2, 0.25) is 5.02 Å². The number of aromatic nitrogens is 3. The number of nitrogens with one attached hydrogen (secondary N) is 2. The van der Waals surface area contributed by atoms with Crippen molar-refractivity contribution in [1.82, 2.24) is 15.2 Å². The molecule has 0 fully saturated rings. The molecule has 0 saturated heterocycles. The Hall–Kier alpha value is -2.86. The maximum absolute atomic E-state index is 6.12. The Balaban J connectivity index is 1.84. The van der Waals surface area contributed by atoms with Crippen molar-refractivity contribution in [3.05, 3.63) is 59.2 Å². The van der Waals surface area contributed by atoms with Gasteiger partial charge in [-0.1, -0.05) is 29.8 Å². The second-order valence-electron chi connectivity index (χ2n) is 5.08. The van der Waals surface area contributed by atoms with Crippen LogP contribution in [0, 0.1) is 6.92 Å². The van der Waals surface area contributed by atoms with E-state index in [1.807, 2.05) is 43.3 Å². The Bertz CT molecular complexity index is 842. The van der Waals surface area contributed by atoms with Crippen molar-refractivity contribution in [2.75, 3.05) is 17.7 Å². The van der Waals surface area contributed by atoms with Crippen LogP contribution in [0.15, 0.2) is 48.7 Å². The van der Waals surface area contributed by atoms with Crippen molar-refractivity contribution < 1.29 is 4.74 Å². The SMILES string of the molecule is COc1cc(Cl)c(C)cc1Nc1nncc(Nc2ccccc2)n1. The van der Waals surface area contributed by atoms with Crippen molar-refractivity contribution in [1.29, 1.82) is 0 Å². The van der Waals surface area contributed by atoms with Crippen LogP contribution in [0.4, 0.5) is 23.1 Å². The number of anilines is 4. The molecule has 0 unspecified atom stereocenters. The number of methoxy groups -OCH3 is 1. The van der Waals surface area contributed by atoms with Gasteiger partial charge in [0.25, 0.3) is 0 Å². The van der Waals surface area contributed by atoms with E-state index in [9.17, 15) is 0 Å². The Labute approximate surface area is 144 Å². The highest BCUT2D eigenvalue weighted by molar-refractivity contribution is 6.31. The third-order valence-electron chi connectivity index (χ3n) is 3.33. The molecule has 0 saturated carbocycles. The molecule has 7 heteroatoms. The van der Waals surface area contributed by atoms with Crippen molar-refractivity contribution in [3.8, 4) is 5.75 Å². The lowest BCUT2D eigenvalue weighted by Gasteiger charge is -2.12. The first kappa shape index (κ1) is 16.0. The van der Waals surface area contributed by atoms with Crippen LogP contribution in [0.3, 0.4) is 0 Å². The summed E-state index contributed by atoms with van der Waals surface area (Å²) < 4.78 is 5.34. The smallest absolute Gasteiger partial charge is 0.249 e. The van der Waals surface area contributed by atoms with E-state index in [1.165, 1.54) is 0 Å². The minimum atomic E-state index is 0.357. The van der Waals surface area contributed by atoms with Crippen LogP contribution in [0.5, 0.6) is 5.75 Å². The second-order valence-corrected chi connectivity index (χ2v) is 5.49. The van der Waals surface area contributed by atoms with E-state index in [2.05, 4.69) is 25.8 Å². The lowest BCUT2D eigenvalue weighted by molar-refractivity contribution is 0.416. The van der Waals surface area contributed by atoms with Crippen LogP contribution in [0.1, 0.15) is 5.56 Å². The quantitative estimate of drug-likeness (QED) is 0.719. The number of hydrogen-bond donors (Lipinski definition) is 2. The van der Waals surface area contributed by atoms with Gasteiger partial charge >= 0.3 is 0 Å². The maximum atomic E-state index is 6.12. The molecule has 0 radical (unpaired) electrons. The average Bonchev–Trinajstić information content (AvgIpc) is 2.59. The van der Waals surface area contributed by atoms with Gasteiger partial charge < -0.3 is 15.4 Å². The van der Waals surface area contributed by atoms with Gasteiger partial charge in [-0.3, -0.25) is 0 Å². The molecule has 3 rings (SSSR count). The third kappa shape index (κ3) is 3.72. The first-order valence-corrected chi connectivity index (χ1v) is 7.66. The molecule has 24 heavy (non-hydrogen) atoms. The van der Waals surface area contributed by atoms with Crippen LogP contribution < -0.4 is 15.4 Å². The zero-order chi connectivity index (χ0) is 16.9. The predicted molar refractivity (Wildman–Crippen MR) is 95.6 cm³/mol. The number of halogens is 1. The topological polar surface area (TPSA) is 72.0 Å². The van der Waals surface area contributed by atoms with Crippen molar-refractivity contribution in [2.45, 2.75) is 6.92 Å². The fraction of sp³-hybridized carbons (Fsp3) is 0.118. The van der Waals surface area contributed by atoms with Gasteiger partial charge in [-0.15, -0.1) is 5.10 Å². The molecular formula is C17H16ClN5O. The van der Waals surface area contributed by atoms with Crippen molar-refractivity contribution >= 4 is 34.7 Å². The molecule has 3 aromatic rings. The molecule has 0 atom stereocenters. The summed E-state index contributed by atoms with van der Waals surface area (Å²) in [5.41, 5.74) is 2.56. The first-order chi connectivity index (χ1) is 11.7. The molecule has 1 heterocycles. The van der Waals surface area contributed by atoms with E-state index >= 15 is 0 Å². The van der Waals surface area contributed by atoms with Gasteiger partial charge in [0.15, 0.2) is 5.82 Å². The van der Waals surface area contributed by atoms with E-state index < -0.39 is 0 Å².